The highest BCUT2D eigenvalue weighted by molar-refractivity contribution is 7.13. The van der Waals surface area contributed by atoms with Gasteiger partial charge in [0.25, 0.3) is 0 Å². The highest BCUT2D eigenvalue weighted by Crippen LogP contribution is 2.21. The number of azo groups is 1. The second kappa shape index (κ2) is 10.2. The van der Waals surface area contributed by atoms with E-state index in [1.54, 1.807) is 48.8 Å². The fourth-order valence-corrected chi connectivity index (χ4v) is 1.93. The largest absolute Gasteiger partial charge is 0.505 e. The molecule has 0 aliphatic heterocycles. The molecule has 0 amide bonds. The Kier molecular flexibility index (Phi) is 8.23. The maximum atomic E-state index is 11.9. The topological polar surface area (TPSA) is 84.1 Å². The number of aromatic nitrogens is 1. The van der Waals surface area contributed by atoms with E-state index >= 15 is 0 Å². The molecule has 7 heteroatoms. The molecule has 1 N–H and O–H groups in total. The molecular weight excluding hydrogens is 314 g/mol. The number of aliphatic hydroxyl groups excluding tert-OH is 1. The molecule has 0 aliphatic carbocycles. The fourth-order valence-electron chi connectivity index (χ4n) is 1.48. The Morgan fingerprint density at radius 2 is 2.00 bits per heavy atom. The Labute approximate surface area is 139 Å². The number of aliphatic hydroxyl groups is 1. The summed E-state index contributed by atoms with van der Waals surface area (Å²) in [4.78, 5) is 15.8. The van der Waals surface area contributed by atoms with Crippen LogP contribution in [0, 0.1) is 0 Å². The average molecular weight is 333 g/mol. The monoisotopic (exact) mass is 333 g/mol. The van der Waals surface area contributed by atoms with Crippen molar-refractivity contribution in [2.24, 2.45) is 10.2 Å². The molecule has 0 saturated carbocycles. The zero-order valence-electron chi connectivity index (χ0n) is 13.3. The summed E-state index contributed by atoms with van der Waals surface area (Å²) >= 11 is 1.27. The molecule has 1 aromatic heterocycles. The molecule has 0 saturated heterocycles. The number of rotatable bonds is 5. The Bertz CT molecular complexity index is 652. The number of benzene rings is 1. The summed E-state index contributed by atoms with van der Waals surface area (Å²) in [5, 5.41) is 20.0. The summed E-state index contributed by atoms with van der Waals surface area (Å²) in [5.74, 6) is -1.02. The lowest BCUT2D eigenvalue weighted by molar-refractivity contribution is -0.138. The standard InChI is InChI=1S/C14H13N3O3S.C2H6/c1-2-20-13(19)11(16-17-14-15-8-9-21-14)12(18)10-6-4-3-5-7-10;1-2/h3-9,18H,2H2,1H3;1-2H3/b12-11+,17-16?;. The second-order valence-corrected chi connectivity index (χ2v) is 4.67. The van der Waals surface area contributed by atoms with Gasteiger partial charge in [-0.25, -0.2) is 9.78 Å². The van der Waals surface area contributed by atoms with Gasteiger partial charge < -0.3 is 9.84 Å². The first-order valence-electron chi connectivity index (χ1n) is 7.19. The van der Waals surface area contributed by atoms with Crippen molar-refractivity contribution in [1.82, 2.24) is 4.98 Å². The van der Waals surface area contributed by atoms with E-state index in [0.717, 1.165) is 0 Å². The molecule has 0 fully saturated rings. The maximum Gasteiger partial charge on any atom is 0.362 e. The third-order valence-electron chi connectivity index (χ3n) is 2.40. The highest BCUT2D eigenvalue weighted by atomic mass is 32.1. The number of esters is 1. The predicted molar refractivity (Wildman–Crippen MR) is 90.6 cm³/mol. The SMILES string of the molecule is CC.CCOC(=O)/C(N=Nc1nccs1)=C(\O)c1ccccc1. The van der Waals surface area contributed by atoms with Crippen molar-refractivity contribution in [2.45, 2.75) is 20.8 Å². The zero-order valence-corrected chi connectivity index (χ0v) is 14.1. The van der Waals surface area contributed by atoms with Crippen LogP contribution in [-0.2, 0) is 9.53 Å². The Morgan fingerprint density at radius 3 is 2.57 bits per heavy atom. The number of carbonyl (C=O) groups excluding carboxylic acids is 1. The number of thiazole rings is 1. The summed E-state index contributed by atoms with van der Waals surface area (Å²) in [6.07, 6.45) is 1.57. The van der Waals surface area contributed by atoms with Crippen LogP contribution in [0.3, 0.4) is 0 Å². The van der Waals surface area contributed by atoms with Crippen LogP contribution in [0.2, 0.25) is 0 Å². The van der Waals surface area contributed by atoms with Crippen LogP contribution in [0.5, 0.6) is 0 Å². The minimum absolute atomic E-state index is 0.178. The van der Waals surface area contributed by atoms with Gasteiger partial charge in [-0.2, -0.15) is 0 Å². The molecule has 6 nitrogen and oxygen atoms in total. The molecule has 0 unspecified atom stereocenters. The van der Waals surface area contributed by atoms with Crippen molar-refractivity contribution in [3.63, 3.8) is 0 Å². The average Bonchev–Trinajstić information content (AvgIpc) is 3.11. The maximum absolute atomic E-state index is 11.9. The number of nitrogens with zero attached hydrogens (tertiary/aromatic N) is 3. The summed E-state index contributed by atoms with van der Waals surface area (Å²) < 4.78 is 4.89. The van der Waals surface area contributed by atoms with Crippen molar-refractivity contribution in [3.8, 4) is 0 Å². The molecule has 0 aliphatic rings. The quantitative estimate of drug-likeness (QED) is 0.370. The molecule has 2 rings (SSSR count). The summed E-state index contributed by atoms with van der Waals surface area (Å²) in [6, 6.07) is 8.61. The molecule has 0 bridgehead atoms. The molecule has 122 valence electrons. The Balaban J connectivity index is 0.00000127. The Morgan fingerprint density at radius 1 is 1.30 bits per heavy atom. The number of carbonyl (C=O) groups is 1. The van der Waals surface area contributed by atoms with E-state index in [9.17, 15) is 9.90 Å². The Hall–Kier alpha value is -2.54. The highest BCUT2D eigenvalue weighted by Gasteiger charge is 2.18. The van der Waals surface area contributed by atoms with Crippen molar-refractivity contribution < 1.29 is 14.6 Å². The molecule has 23 heavy (non-hydrogen) atoms. The number of hydrogen-bond acceptors (Lipinski definition) is 7. The lowest BCUT2D eigenvalue weighted by atomic mass is 10.1. The van der Waals surface area contributed by atoms with Crippen molar-refractivity contribution in [2.75, 3.05) is 6.61 Å². The van der Waals surface area contributed by atoms with E-state index in [1.165, 1.54) is 11.3 Å². The van der Waals surface area contributed by atoms with Crippen molar-refractivity contribution in [3.05, 3.63) is 53.2 Å². The van der Waals surface area contributed by atoms with Gasteiger partial charge in [-0.1, -0.05) is 44.2 Å². The van der Waals surface area contributed by atoms with E-state index in [2.05, 4.69) is 15.2 Å². The van der Waals surface area contributed by atoms with E-state index in [1.807, 2.05) is 13.8 Å². The third-order valence-corrected chi connectivity index (χ3v) is 3.05. The van der Waals surface area contributed by atoms with Crippen LogP contribution in [0.1, 0.15) is 26.3 Å². The van der Waals surface area contributed by atoms with Gasteiger partial charge in [0.2, 0.25) is 10.8 Å². The number of hydrogen-bond donors (Lipinski definition) is 1. The zero-order chi connectivity index (χ0) is 17.1. The molecule has 0 spiro atoms. The van der Waals surface area contributed by atoms with Gasteiger partial charge in [0.05, 0.1) is 6.61 Å². The minimum atomic E-state index is -0.737. The van der Waals surface area contributed by atoms with Crippen LogP contribution < -0.4 is 0 Å². The number of ether oxygens (including phenoxy) is 1. The van der Waals surface area contributed by atoms with Gasteiger partial charge in [0.15, 0.2) is 5.76 Å². The van der Waals surface area contributed by atoms with Crippen LogP contribution in [0.25, 0.3) is 5.76 Å². The molecule has 0 atom stereocenters. The van der Waals surface area contributed by atoms with Gasteiger partial charge >= 0.3 is 5.97 Å². The second-order valence-electron chi connectivity index (χ2n) is 3.80. The summed E-state index contributed by atoms with van der Waals surface area (Å²) in [5.41, 5.74) is 0.205. The third kappa shape index (κ3) is 5.63. The first-order valence-corrected chi connectivity index (χ1v) is 8.07. The fraction of sp³-hybridized carbons (Fsp3) is 0.250. The lowest BCUT2D eigenvalue weighted by Gasteiger charge is -2.05. The van der Waals surface area contributed by atoms with Gasteiger partial charge in [-0.05, 0) is 6.92 Å². The first-order chi connectivity index (χ1) is 11.2. The van der Waals surface area contributed by atoms with Gasteiger partial charge in [-0.15, -0.1) is 21.6 Å². The van der Waals surface area contributed by atoms with E-state index < -0.39 is 5.97 Å². The first kappa shape index (κ1) is 18.5. The normalized spacial score (nSPS) is 11.4. The smallest absolute Gasteiger partial charge is 0.362 e. The summed E-state index contributed by atoms with van der Waals surface area (Å²) in [7, 11) is 0. The minimum Gasteiger partial charge on any atom is -0.505 e. The van der Waals surface area contributed by atoms with Crippen LogP contribution >= 0.6 is 11.3 Å². The van der Waals surface area contributed by atoms with Crippen molar-refractivity contribution >= 4 is 28.2 Å². The van der Waals surface area contributed by atoms with Gasteiger partial charge in [0.1, 0.15) is 0 Å². The van der Waals surface area contributed by atoms with Crippen LogP contribution in [0.15, 0.2) is 57.8 Å². The van der Waals surface area contributed by atoms with Gasteiger partial charge in [0, 0.05) is 17.1 Å². The molecule has 2 aromatic rings. The predicted octanol–water partition coefficient (Wildman–Crippen LogP) is 4.74. The molecule has 1 aromatic carbocycles. The summed E-state index contributed by atoms with van der Waals surface area (Å²) in [6.45, 7) is 5.85. The van der Waals surface area contributed by atoms with Gasteiger partial charge in [-0.3, -0.25) is 0 Å². The molecule has 1 heterocycles. The van der Waals surface area contributed by atoms with E-state index in [-0.39, 0.29) is 18.1 Å². The molecule has 0 radical (unpaired) electrons. The van der Waals surface area contributed by atoms with Crippen LogP contribution in [0.4, 0.5) is 5.13 Å². The molecular formula is C16H19N3O3S. The van der Waals surface area contributed by atoms with E-state index in [4.69, 9.17) is 4.74 Å². The van der Waals surface area contributed by atoms with Crippen molar-refractivity contribution in [1.29, 1.82) is 0 Å². The lowest BCUT2D eigenvalue weighted by Crippen LogP contribution is -2.08. The van der Waals surface area contributed by atoms with E-state index in [0.29, 0.717) is 10.7 Å². The van der Waals surface area contributed by atoms with Crippen LogP contribution in [-0.4, -0.2) is 22.7 Å².